The van der Waals surface area contributed by atoms with E-state index in [1.165, 1.54) is 51.9 Å². The van der Waals surface area contributed by atoms with E-state index in [-0.39, 0.29) is 24.0 Å². The van der Waals surface area contributed by atoms with Gasteiger partial charge in [-0.05, 0) is 51.9 Å². The summed E-state index contributed by atoms with van der Waals surface area (Å²) in [6, 6.07) is 0.834. The minimum atomic E-state index is 0. The highest BCUT2D eigenvalue weighted by Gasteiger charge is 2.22. The Morgan fingerprint density at radius 1 is 1.24 bits per heavy atom. The fourth-order valence-corrected chi connectivity index (χ4v) is 2.69. The molecule has 17 heavy (non-hydrogen) atoms. The highest BCUT2D eigenvalue weighted by molar-refractivity contribution is 14.0. The van der Waals surface area contributed by atoms with Gasteiger partial charge in [0.15, 0.2) is 0 Å². The SMILES string of the molecule is CCCCN1CCC(N(C)CC(C)C)CC1.I. The fourth-order valence-electron chi connectivity index (χ4n) is 2.69. The monoisotopic (exact) mass is 354 g/mol. The molecule has 0 unspecified atom stereocenters. The largest absolute Gasteiger partial charge is 0.303 e. The van der Waals surface area contributed by atoms with Crippen molar-refractivity contribution >= 4 is 24.0 Å². The van der Waals surface area contributed by atoms with Gasteiger partial charge in [-0.15, -0.1) is 24.0 Å². The van der Waals surface area contributed by atoms with Gasteiger partial charge >= 0.3 is 0 Å². The molecule has 0 atom stereocenters. The van der Waals surface area contributed by atoms with E-state index in [1.807, 2.05) is 0 Å². The van der Waals surface area contributed by atoms with Gasteiger partial charge in [0, 0.05) is 12.6 Å². The number of hydrogen-bond donors (Lipinski definition) is 0. The van der Waals surface area contributed by atoms with Gasteiger partial charge in [0.1, 0.15) is 0 Å². The van der Waals surface area contributed by atoms with Crippen LogP contribution in [0.3, 0.4) is 0 Å². The molecule has 1 aliphatic heterocycles. The minimum Gasteiger partial charge on any atom is -0.303 e. The molecule has 0 aromatic heterocycles. The van der Waals surface area contributed by atoms with E-state index in [4.69, 9.17) is 0 Å². The van der Waals surface area contributed by atoms with E-state index in [2.05, 4.69) is 37.6 Å². The second-order valence-electron chi connectivity index (χ2n) is 5.76. The number of piperidine rings is 1. The Morgan fingerprint density at radius 3 is 2.29 bits per heavy atom. The average Bonchev–Trinajstić information content (AvgIpc) is 2.26. The summed E-state index contributed by atoms with van der Waals surface area (Å²) in [5.41, 5.74) is 0. The second-order valence-corrected chi connectivity index (χ2v) is 5.76. The highest BCUT2D eigenvalue weighted by atomic mass is 127. The van der Waals surface area contributed by atoms with Crippen molar-refractivity contribution < 1.29 is 0 Å². The smallest absolute Gasteiger partial charge is 0.0117 e. The molecular formula is C14H31IN2. The fraction of sp³-hybridized carbons (Fsp3) is 1.00. The van der Waals surface area contributed by atoms with Crippen LogP contribution < -0.4 is 0 Å². The number of halogens is 1. The van der Waals surface area contributed by atoms with E-state index in [1.54, 1.807) is 0 Å². The molecule has 0 radical (unpaired) electrons. The highest BCUT2D eigenvalue weighted by Crippen LogP contribution is 2.16. The lowest BCUT2D eigenvalue weighted by atomic mass is 10.0. The zero-order valence-corrected chi connectivity index (χ0v) is 14.4. The first kappa shape index (κ1) is 17.6. The Morgan fingerprint density at radius 2 is 1.82 bits per heavy atom. The third-order valence-electron chi connectivity index (χ3n) is 3.66. The van der Waals surface area contributed by atoms with Crippen molar-refractivity contribution in [3.8, 4) is 0 Å². The van der Waals surface area contributed by atoms with Gasteiger partial charge in [-0.1, -0.05) is 27.2 Å². The summed E-state index contributed by atoms with van der Waals surface area (Å²) >= 11 is 0. The van der Waals surface area contributed by atoms with Gasteiger partial charge in [0.25, 0.3) is 0 Å². The molecule has 0 aromatic rings. The van der Waals surface area contributed by atoms with Crippen molar-refractivity contribution in [2.45, 2.75) is 52.5 Å². The number of hydrogen-bond acceptors (Lipinski definition) is 2. The van der Waals surface area contributed by atoms with Gasteiger partial charge < -0.3 is 9.80 Å². The van der Waals surface area contributed by atoms with Crippen molar-refractivity contribution in [1.29, 1.82) is 0 Å². The number of nitrogens with zero attached hydrogens (tertiary/aromatic N) is 2. The zero-order valence-electron chi connectivity index (χ0n) is 12.1. The molecule has 1 heterocycles. The maximum atomic E-state index is 2.64. The number of unbranched alkanes of at least 4 members (excludes halogenated alkanes) is 1. The number of likely N-dealkylation sites (tertiary alicyclic amines) is 1. The standard InChI is InChI=1S/C14H30N2.HI/c1-5-6-9-16-10-7-14(8-11-16)15(4)12-13(2)3;/h13-14H,5-12H2,1-4H3;1H. The van der Waals surface area contributed by atoms with Crippen molar-refractivity contribution in [2.75, 3.05) is 33.2 Å². The summed E-state index contributed by atoms with van der Waals surface area (Å²) in [5, 5.41) is 0. The molecule has 0 aromatic carbocycles. The van der Waals surface area contributed by atoms with Crippen LogP contribution in [0.2, 0.25) is 0 Å². The Balaban J connectivity index is 0.00000256. The van der Waals surface area contributed by atoms with Crippen LogP contribution in [-0.2, 0) is 0 Å². The third kappa shape index (κ3) is 6.97. The van der Waals surface area contributed by atoms with E-state index < -0.39 is 0 Å². The Labute approximate surface area is 125 Å². The van der Waals surface area contributed by atoms with Crippen LogP contribution in [0.15, 0.2) is 0 Å². The van der Waals surface area contributed by atoms with Crippen LogP contribution in [0.5, 0.6) is 0 Å². The van der Waals surface area contributed by atoms with Crippen LogP contribution in [0, 0.1) is 5.92 Å². The zero-order chi connectivity index (χ0) is 12.0. The predicted molar refractivity (Wildman–Crippen MR) is 87.3 cm³/mol. The third-order valence-corrected chi connectivity index (χ3v) is 3.66. The minimum absolute atomic E-state index is 0. The lowest BCUT2D eigenvalue weighted by molar-refractivity contribution is 0.118. The molecule has 1 saturated heterocycles. The quantitative estimate of drug-likeness (QED) is 0.674. The van der Waals surface area contributed by atoms with Crippen LogP contribution in [0.4, 0.5) is 0 Å². The molecule has 2 nitrogen and oxygen atoms in total. The van der Waals surface area contributed by atoms with E-state index in [0.717, 1.165) is 12.0 Å². The predicted octanol–water partition coefficient (Wildman–Crippen LogP) is 3.46. The van der Waals surface area contributed by atoms with Crippen LogP contribution in [-0.4, -0.2) is 49.1 Å². The van der Waals surface area contributed by atoms with Crippen molar-refractivity contribution in [3.05, 3.63) is 0 Å². The van der Waals surface area contributed by atoms with Gasteiger partial charge in [0.2, 0.25) is 0 Å². The molecule has 1 rings (SSSR count). The molecule has 0 spiro atoms. The normalized spacial score (nSPS) is 18.7. The van der Waals surface area contributed by atoms with Gasteiger partial charge in [-0.3, -0.25) is 0 Å². The average molecular weight is 354 g/mol. The second kappa shape index (κ2) is 9.56. The maximum Gasteiger partial charge on any atom is 0.0117 e. The van der Waals surface area contributed by atoms with Crippen LogP contribution >= 0.6 is 24.0 Å². The molecule has 0 bridgehead atoms. The summed E-state index contributed by atoms with van der Waals surface area (Å²) in [4.78, 5) is 5.21. The molecule has 3 heteroatoms. The molecule has 0 N–H and O–H groups in total. The Bertz CT molecular complexity index is 177. The first-order valence-electron chi connectivity index (χ1n) is 7.06. The Kier molecular flexibility index (Phi) is 9.93. The molecule has 0 aliphatic carbocycles. The van der Waals surface area contributed by atoms with Gasteiger partial charge in [-0.2, -0.15) is 0 Å². The molecular weight excluding hydrogens is 323 g/mol. The van der Waals surface area contributed by atoms with Crippen molar-refractivity contribution in [3.63, 3.8) is 0 Å². The molecule has 1 fully saturated rings. The molecule has 0 amide bonds. The Hall–Kier alpha value is 0.650. The van der Waals surface area contributed by atoms with E-state index >= 15 is 0 Å². The van der Waals surface area contributed by atoms with Gasteiger partial charge in [-0.25, -0.2) is 0 Å². The van der Waals surface area contributed by atoms with Gasteiger partial charge in [0.05, 0.1) is 0 Å². The topological polar surface area (TPSA) is 6.48 Å². The number of rotatable bonds is 6. The first-order valence-corrected chi connectivity index (χ1v) is 7.06. The lowest BCUT2D eigenvalue weighted by Crippen LogP contribution is -2.44. The van der Waals surface area contributed by atoms with Crippen molar-refractivity contribution in [1.82, 2.24) is 9.80 Å². The van der Waals surface area contributed by atoms with Crippen LogP contribution in [0.25, 0.3) is 0 Å². The summed E-state index contributed by atoms with van der Waals surface area (Å²) in [7, 11) is 2.30. The molecule has 1 aliphatic rings. The summed E-state index contributed by atoms with van der Waals surface area (Å²) < 4.78 is 0. The summed E-state index contributed by atoms with van der Waals surface area (Å²) in [5.74, 6) is 0.795. The van der Waals surface area contributed by atoms with Crippen LogP contribution in [0.1, 0.15) is 46.5 Å². The van der Waals surface area contributed by atoms with Crippen molar-refractivity contribution in [2.24, 2.45) is 5.92 Å². The first-order chi connectivity index (χ1) is 7.63. The maximum absolute atomic E-state index is 2.64. The molecule has 104 valence electrons. The lowest BCUT2D eigenvalue weighted by Gasteiger charge is -2.37. The summed E-state index contributed by atoms with van der Waals surface area (Å²) in [6.07, 6.45) is 5.43. The van der Waals surface area contributed by atoms with E-state index in [0.29, 0.717) is 0 Å². The van der Waals surface area contributed by atoms with E-state index in [9.17, 15) is 0 Å². The molecule has 0 saturated carbocycles. The summed E-state index contributed by atoms with van der Waals surface area (Å²) in [6.45, 7) is 12.1.